The zero-order valence-electron chi connectivity index (χ0n) is 13.6. The number of hydrogen-bond donors (Lipinski definition) is 1. The van der Waals surface area contributed by atoms with Gasteiger partial charge in [0.2, 0.25) is 5.91 Å². The van der Waals surface area contributed by atoms with E-state index in [1.165, 1.54) is 16.7 Å². The van der Waals surface area contributed by atoms with Gasteiger partial charge >= 0.3 is 0 Å². The zero-order valence-corrected chi connectivity index (χ0v) is 14.5. The summed E-state index contributed by atoms with van der Waals surface area (Å²) >= 11 is 1.78. The van der Waals surface area contributed by atoms with Crippen molar-refractivity contribution in [1.29, 1.82) is 0 Å². The van der Waals surface area contributed by atoms with Crippen LogP contribution in [0.4, 0.5) is 0 Å². The van der Waals surface area contributed by atoms with Crippen molar-refractivity contribution in [2.75, 3.05) is 18.6 Å². The van der Waals surface area contributed by atoms with E-state index in [-0.39, 0.29) is 18.1 Å². The van der Waals surface area contributed by atoms with Gasteiger partial charge in [0.05, 0.1) is 6.04 Å². The molecule has 0 aliphatic carbocycles. The van der Waals surface area contributed by atoms with Gasteiger partial charge in [-0.1, -0.05) is 37.6 Å². The molecule has 3 nitrogen and oxygen atoms in total. The fourth-order valence-corrected chi connectivity index (χ4v) is 3.24. The van der Waals surface area contributed by atoms with E-state index in [0.717, 1.165) is 12.3 Å². The van der Waals surface area contributed by atoms with Gasteiger partial charge in [-0.2, -0.15) is 11.8 Å². The fraction of sp³-hybridized carbons (Fsp3) is 0.588. The second-order valence-electron chi connectivity index (χ2n) is 6.18. The van der Waals surface area contributed by atoms with Crippen LogP contribution >= 0.6 is 11.8 Å². The molecular weight excluding hydrogens is 280 g/mol. The first-order valence-electron chi connectivity index (χ1n) is 7.58. The molecule has 116 valence electrons. The standard InChI is InChI=1S/C17H26N2OS/c1-11(2)15-17(20)19(8-9-21-5)16(18-15)14-10-12(3)6-7-13(14)4/h6-7,10-11,15-16,18H,8-9H2,1-5H3. The zero-order chi connectivity index (χ0) is 15.6. The van der Waals surface area contributed by atoms with Crippen molar-refractivity contribution in [2.45, 2.75) is 39.9 Å². The Balaban J connectivity index is 2.34. The Kier molecular flexibility index (Phi) is 5.33. The third-order valence-corrected chi connectivity index (χ3v) is 4.72. The van der Waals surface area contributed by atoms with Crippen LogP contribution in [0.3, 0.4) is 0 Å². The highest BCUT2D eigenvalue weighted by atomic mass is 32.2. The molecule has 1 aromatic rings. The summed E-state index contributed by atoms with van der Waals surface area (Å²) in [6.07, 6.45) is 2.10. The summed E-state index contributed by atoms with van der Waals surface area (Å²) < 4.78 is 0. The van der Waals surface area contributed by atoms with Crippen molar-refractivity contribution in [1.82, 2.24) is 10.2 Å². The van der Waals surface area contributed by atoms with E-state index in [0.29, 0.717) is 5.92 Å². The van der Waals surface area contributed by atoms with Gasteiger partial charge in [0.1, 0.15) is 6.17 Å². The number of nitrogens with zero attached hydrogens (tertiary/aromatic N) is 1. The topological polar surface area (TPSA) is 32.3 Å². The molecule has 1 aliphatic rings. The van der Waals surface area contributed by atoms with Crippen molar-refractivity contribution < 1.29 is 4.79 Å². The molecule has 2 rings (SSSR count). The normalized spacial score (nSPS) is 22.4. The summed E-state index contributed by atoms with van der Waals surface area (Å²) in [6.45, 7) is 9.23. The van der Waals surface area contributed by atoms with Crippen LogP contribution in [0, 0.1) is 19.8 Å². The quantitative estimate of drug-likeness (QED) is 0.907. The second-order valence-corrected chi connectivity index (χ2v) is 7.16. The number of nitrogens with one attached hydrogen (secondary N) is 1. The third-order valence-electron chi connectivity index (χ3n) is 4.13. The molecule has 2 unspecified atom stereocenters. The first-order chi connectivity index (χ1) is 9.95. The average Bonchev–Trinajstić information content (AvgIpc) is 2.76. The van der Waals surface area contributed by atoms with Gasteiger partial charge in [0.25, 0.3) is 0 Å². The van der Waals surface area contributed by atoms with Crippen molar-refractivity contribution in [3.8, 4) is 0 Å². The van der Waals surface area contributed by atoms with Gasteiger partial charge in [-0.05, 0) is 37.1 Å². The van der Waals surface area contributed by atoms with Crippen molar-refractivity contribution in [2.24, 2.45) is 5.92 Å². The Bertz CT molecular complexity index is 516. The Morgan fingerprint density at radius 3 is 2.67 bits per heavy atom. The Hall–Kier alpha value is -1.00. The van der Waals surface area contributed by atoms with E-state index < -0.39 is 0 Å². The molecule has 0 saturated carbocycles. The Labute approximate surface area is 132 Å². The number of rotatable bonds is 5. The number of carbonyl (C=O) groups excluding carboxylic acids is 1. The largest absolute Gasteiger partial charge is 0.321 e. The first kappa shape index (κ1) is 16.4. The first-order valence-corrected chi connectivity index (χ1v) is 8.97. The summed E-state index contributed by atoms with van der Waals surface area (Å²) in [7, 11) is 0. The number of thioether (sulfide) groups is 1. The molecule has 0 bridgehead atoms. The minimum Gasteiger partial charge on any atom is -0.321 e. The summed E-state index contributed by atoms with van der Waals surface area (Å²) in [5.74, 6) is 1.52. The average molecular weight is 306 g/mol. The van der Waals surface area contributed by atoms with Gasteiger partial charge < -0.3 is 4.90 Å². The van der Waals surface area contributed by atoms with Gasteiger partial charge in [-0.3, -0.25) is 10.1 Å². The lowest BCUT2D eigenvalue weighted by atomic mass is 10.0. The van der Waals surface area contributed by atoms with Crippen LogP contribution in [0.1, 0.15) is 36.7 Å². The van der Waals surface area contributed by atoms with E-state index in [4.69, 9.17) is 0 Å². The lowest BCUT2D eigenvalue weighted by Gasteiger charge is -2.26. The van der Waals surface area contributed by atoms with Gasteiger partial charge in [0.15, 0.2) is 0 Å². The molecule has 2 atom stereocenters. The SMILES string of the molecule is CSCCN1C(=O)C(C(C)C)NC1c1cc(C)ccc1C. The molecule has 0 aromatic heterocycles. The number of carbonyl (C=O) groups is 1. The minimum absolute atomic E-state index is 0.0111. The number of amides is 1. The van der Waals surface area contributed by atoms with Crippen molar-refractivity contribution in [3.63, 3.8) is 0 Å². The summed E-state index contributed by atoms with van der Waals surface area (Å²) in [5.41, 5.74) is 3.71. The third kappa shape index (κ3) is 3.43. The number of aryl methyl sites for hydroxylation is 2. The van der Waals surface area contributed by atoms with E-state index in [9.17, 15) is 4.79 Å². The lowest BCUT2D eigenvalue weighted by molar-refractivity contribution is -0.130. The molecule has 1 heterocycles. The van der Waals surface area contributed by atoms with Gasteiger partial charge in [-0.25, -0.2) is 0 Å². The molecule has 21 heavy (non-hydrogen) atoms. The maximum absolute atomic E-state index is 12.7. The lowest BCUT2D eigenvalue weighted by Crippen LogP contribution is -2.35. The summed E-state index contributed by atoms with van der Waals surface area (Å²) in [6, 6.07) is 6.40. The number of benzene rings is 1. The molecule has 1 fully saturated rings. The monoisotopic (exact) mass is 306 g/mol. The smallest absolute Gasteiger partial charge is 0.241 e. The Morgan fingerprint density at radius 2 is 2.05 bits per heavy atom. The van der Waals surface area contributed by atoms with Crippen molar-refractivity contribution >= 4 is 17.7 Å². The van der Waals surface area contributed by atoms with Gasteiger partial charge in [-0.15, -0.1) is 0 Å². The van der Waals surface area contributed by atoms with E-state index >= 15 is 0 Å². The van der Waals surface area contributed by atoms with Crippen molar-refractivity contribution in [3.05, 3.63) is 34.9 Å². The van der Waals surface area contributed by atoms with Crippen LogP contribution in [-0.2, 0) is 4.79 Å². The fourth-order valence-electron chi connectivity index (χ4n) is 2.86. The molecule has 1 N–H and O–H groups in total. The van der Waals surface area contributed by atoms with Crippen LogP contribution in [-0.4, -0.2) is 35.4 Å². The van der Waals surface area contributed by atoms with Crippen LogP contribution in [0.15, 0.2) is 18.2 Å². The molecule has 1 saturated heterocycles. The second kappa shape index (κ2) is 6.84. The Morgan fingerprint density at radius 1 is 1.33 bits per heavy atom. The molecule has 4 heteroatoms. The number of hydrogen-bond acceptors (Lipinski definition) is 3. The minimum atomic E-state index is -0.0724. The predicted octanol–water partition coefficient (Wildman–Crippen LogP) is 3.12. The molecule has 1 amide bonds. The molecular formula is C17H26N2OS. The van der Waals surface area contributed by atoms with Crippen LogP contribution in [0.5, 0.6) is 0 Å². The molecule has 0 radical (unpaired) electrons. The highest BCUT2D eigenvalue weighted by Crippen LogP contribution is 2.30. The van der Waals surface area contributed by atoms with Crippen LogP contribution < -0.4 is 5.32 Å². The maximum Gasteiger partial charge on any atom is 0.241 e. The molecule has 0 spiro atoms. The molecule has 1 aromatic carbocycles. The van der Waals surface area contributed by atoms with Crippen LogP contribution in [0.2, 0.25) is 0 Å². The summed E-state index contributed by atoms with van der Waals surface area (Å²) in [4.78, 5) is 14.7. The highest BCUT2D eigenvalue weighted by molar-refractivity contribution is 7.98. The predicted molar refractivity (Wildman–Crippen MR) is 90.5 cm³/mol. The highest BCUT2D eigenvalue weighted by Gasteiger charge is 2.40. The van der Waals surface area contributed by atoms with Gasteiger partial charge in [0, 0.05) is 12.3 Å². The van der Waals surface area contributed by atoms with Crippen LogP contribution in [0.25, 0.3) is 0 Å². The maximum atomic E-state index is 12.7. The molecule has 1 aliphatic heterocycles. The van der Waals surface area contributed by atoms with E-state index in [1.54, 1.807) is 11.8 Å². The van der Waals surface area contributed by atoms with E-state index in [2.05, 4.69) is 57.5 Å². The summed E-state index contributed by atoms with van der Waals surface area (Å²) in [5, 5.41) is 3.55. The van der Waals surface area contributed by atoms with E-state index in [1.807, 2.05) is 4.90 Å².